The summed E-state index contributed by atoms with van der Waals surface area (Å²) >= 11 is 4.84. The van der Waals surface area contributed by atoms with Crippen LogP contribution in [0.4, 0.5) is 5.82 Å². The number of nitrogens with one attached hydrogen (secondary N) is 1. The molecule has 0 saturated heterocycles. The van der Waals surface area contributed by atoms with Crippen LogP contribution in [0.1, 0.15) is 18.9 Å². The molecule has 0 saturated carbocycles. The van der Waals surface area contributed by atoms with Crippen molar-refractivity contribution in [3.8, 4) is 0 Å². The maximum Gasteiger partial charge on any atom is 0.235 e. The van der Waals surface area contributed by atoms with E-state index in [1.54, 1.807) is 6.20 Å². The van der Waals surface area contributed by atoms with Crippen LogP contribution in [-0.2, 0) is 4.79 Å². The first-order valence-electron chi connectivity index (χ1n) is 5.08. The monoisotopic (exact) mass is 237 g/mol. The summed E-state index contributed by atoms with van der Waals surface area (Å²) in [6.07, 6.45) is 2.22. The van der Waals surface area contributed by atoms with E-state index in [2.05, 4.69) is 10.3 Å². The lowest BCUT2D eigenvalue weighted by Gasteiger charge is -2.13. The van der Waals surface area contributed by atoms with E-state index in [-0.39, 0.29) is 10.9 Å². The highest BCUT2D eigenvalue weighted by atomic mass is 32.1. The standard InChI is InChI=1S/C11H15N3OS/c1-3-8(9(12)16)11(15)14-10-7(2)5-4-6-13-10/h4-6,8H,3H2,1-2H3,(H2,12,16)(H,13,14,15). The molecule has 0 radical (unpaired) electrons. The van der Waals surface area contributed by atoms with E-state index < -0.39 is 5.92 Å². The Hall–Kier alpha value is -1.49. The molecule has 0 fully saturated rings. The minimum absolute atomic E-state index is 0.197. The molecular weight excluding hydrogens is 222 g/mol. The zero-order chi connectivity index (χ0) is 12.1. The fraction of sp³-hybridized carbons (Fsp3) is 0.364. The van der Waals surface area contributed by atoms with Gasteiger partial charge in [-0.25, -0.2) is 4.98 Å². The van der Waals surface area contributed by atoms with Gasteiger partial charge in [0.25, 0.3) is 0 Å². The third-order valence-electron chi connectivity index (χ3n) is 2.32. The van der Waals surface area contributed by atoms with Crippen LogP contribution in [0.2, 0.25) is 0 Å². The van der Waals surface area contributed by atoms with E-state index >= 15 is 0 Å². The van der Waals surface area contributed by atoms with Gasteiger partial charge in [-0.3, -0.25) is 4.79 Å². The average molecular weight is 237 g/mol. The minimum atomic E-state index is -0.434. The number of nitrogens with two attached hydrogens (primary N) is 1. The molecule has 0 aromatic carbocycles. The van der Waals surface area contributed by atoms with Gasteiger partial charge in [0.1, 0.15) is 5.82 Å². The highest BCUT2D eigenvalue weighted by molar-refractivity contribution is 7.80. The lowest BCUT2D eigenvalue weighted by Crippen LogP contribution is -2.33. The summed E-state index contributed by atoms with van der Waals surface area (Å²) in [6.45, 7) is 3.75. The first-order chi connectivity index (χ1) is 7.56. The number of aryl methyl sites for hydroxylation is 1. The molecule has 86 valence electrons. The van der Waals surface area contributed by atoms with Crippen molar-refractivity contribution in [3.05, 3.63) is 23.9 Å². The maximum atomic E-state index is 11.8. The first-order valence-corrected chi connectivity index (χ1v) is 5.49. The summed E-state index contributed by atoms with van der Waals surface area (Å²) in [5, 5.41) is 2.72. The Morgan fingerprint density at radius 2 is 2.38 bits per heavy atom. The van der Waals surface area contributed by atoms with Crippen LogP contribution in [0.5, 0.6) is 0 Å². The molecule has 0 spiro atoms. The molecule has 0 aliphatic rings. The number of hydrogen-bond acceptors (Lipinski definition) is 3. The molecule has 1 rings (SSSR count). The van der Waals surface area contributed by atoms with E-state index in [0.29, 0.717) is 12.2 Å². The molecular formula is C11H15N3OS. The van der Waals surface area contributed by atoms with Crippen molar-refractivity contribution in [2.75, 3.05) is 5.32 Å². The Morgan fingerprint density at radius 1 is 1.69 bits per heavy atom. The average Bonchev–Trinajstić information content (AvgIpc) is 2.22. The Bertz CT molecular complexity index is 406. The van der Waals surface area contributed by atoms with Crippen molar-refractivity contribution in [2.24, 2.45) is 11.7 Å². The molecule has 1 aromatic heterocycles. The van der Waals surface area contributed by atoms with Crippen LogP contribution in [0.25, 0.3) is 0 Å². The van der Waals surface area contributed by atoms with Crippen molar-refractivity contribution >= 4 is 28.9 Å². The van der Waals surface area contributed by atoms with Crippen molar-refractivity contribution in [1.29, 1.82) is 0 Å². The molecule has 1 aromatic rings. The molecule has 1 atom stereocenters. The lowest BCUT2D eigenvalue weighted by molar-refractivity contribution is -0.118. The SMILES string of the molecule is CCC(C(=O)Nc1ncccc1C)C(N)=S. The third kappa shape index (κ3) is 3.00. The third-order valence-corrected chi connectivity index (χ3v) is 2.60. The van der Waals surface area contributed by atoms with Gasteiger partial charge in [0, 0.05) is 6.20 Å². The van der Waals surface area contributed by atoms with Crippen LogP contribution in [0, 0.1) is 12.8 Å². The molecule has 3 N–H and O–H groups in total. The molecule has 1 heterocycles. The predicted molar refractivity (Wildman–Crippen MR) is 68.2 cm³/mol. The summed E-state index contributed by atoms with van der Waals surface area (Å²) in [5.74, 6) is -0.0737. The second-order valence-corrected chi connectivity index (χ2v) is 3.99. The number of thiocarbonyl (C=S) groups is 1. The van der Waals surface area contributed by atoms with Crippen LogP contribution in [0.15, 0.2) is 18.3 Å². The molecule has 0 aliphatic carbocycles. The summed E-state index contributed by atoms with van der Waals surface area (Å²) in [5.41, 5.74) is 6.40. The number of pyridine rings is 1. The van der Waals surface area contributed by atoms with Gasteiger partial charge in [-0.1, -0.05) is 25.2 Å². The van der Waals surface area contributed by atoms with Gasteiger partial charge >= 0.3 is 0 Å². The zero-order valence-corrected chi connectivity index (χ0v) is 10.2. The topological polar surface area (TPSA) is 68.0 Å². The van der Waals surface area contributed by atoms with Crippen LogP contribution < -0.4 is 11.1 Å². The van der Waals surface area contributed by atoms with E-state index in [0.717, 1.165) is 5.56 Å². The van der Waals surface area contributed by atoms with Gasteiger partial charge in [-0.05, 0) is 25.0 Å². The zero-order valence-electron chi connectivity index (χ0n) is 9.36. The smallest absolute Gasteiger partial charge is 0.235 e. The number of carbonyl (C=O) groups excluding carboxylic acids is 1. The van der Waals surface area contributed by atoms with Crippen molar-refractivity contribution < 1.29 is 4.79 Å². The molecule has 1 amide bonds. The molecule has 0 bridgehead atoms. The summed E-state index contributed by atoms with van der Waals surface area (Å²) < 4.78 is 0. The van der Waals surface area contributed by atoms with E-state index in [1.807, 2.05) is 26.0 Å². The largest absolute Gasteiger partial charge is 0.393 e. The number of rotatable bonds is 4. The van der Waals surface area contributed by atoms with Gasteiger partial charge in [-0.2, -0.15) is 0 Å². The van der Waals surface area contributed by atoms with Crippen LogP contribution in [0.3, 0.4) is 0 Å². The number of carbonyl (C=O) groups is 1. The number of amides is 1. The van der Waals surface area contributed by atoms with Crippen LogP contribution >= 0.6 is 12.2 Å². The van der Waals surface area contributed by atoms with Gasteiger partial charge in [-0.15, -0.1) is 0 Å². The number of hydrogen-bond donors (Lipinski definition) is 2. The predicted octanol–water partition coefficient (Wildman–Crippen LogP) is 1.64. The van der Waals surface area contributed by atoms with Gasteiger partial charge in [0.05, 0.1) is 10.9 Å². The molecule has 5 heteroatoms. The van der Waals surface area contributed by atoms with E-state index in [4.69, 9.17) is 18.0 Å². The Balaban J connectivity index is 2.78. The number of nitrogens with zero attached hydrogens (tertiary/aromatic N) is 1. The molecule has 1 unspecified atom stereocenters. The Morgan fingerprint density at radius 3 is 2.88 bits per heavy atom. The quantitative estimate of drug-likeness (QED) is 0.781. The first kappa shape index (κ1) is 12.6. The minimum Gasteiger partial charge on any atom is -0.393 e. The fourth-order valence-corrected chi connectivity index (χ4v) is 1.61. The van der Waals surface area contributed by atoms with E-state index in [9.17, 15) is 4.79 Å². The fourth-order valence-electron chi connectivity index (χ4n) is 1.34. The number of anilines is 1. The van der Waals surface area contributed by atoms with Gasteiger partial charge in [0.15, 0.2) is 0 Å². The van der Waals surface area contributed by atoms with Gasteiger partial charge in [0.2, 0.25) is 5.91 Å². The molecule has 0 aliphatic heterocycles. The van der Waals surface area contributed by atoms with E-state index in [1.165, 1.54) is 0 Å². The molecule has 4 nitrogen and oxygen atoms in total. The Kier molecular flexibility index (Phi) is 4.37. The van der Waals surface area contributed by atoms with Gasteiger partial charge < -0.3 is 11.1 Å². The van der Waals surface area contributed by atoms with Crippen molar-refractivity contribution in [1.82, 2.24) is 4.98 Å². The summed E-state index contributed by atoms with van der Waals surface area (Å²) in [7, 11) is 0. The molecule has 16 heavy (non-hydrogen) atoms. The highest BCUT2D eigenvalue weighted by Gasteiger charge is 2.19. The second kappa shape index (κ2) is 5.55. The van der Waals surface area contributed by atoms with Crippen molar-refractivity contribution in [3.63, 3.8) is 0 Å². The summed E-state index contributed by atoms with van der Waals surface area (Å²) in [6, 6.07) is 3.69. The summed E-state index contributed by atoms with van der Waals surface area (Å²) in [4.78, 5) is 16.1. The van der Waals surface area contributed by atoms with Crippen molar-refractivity contribution in [2.45, 2.75) is 20.3 Å². The lowest BCUT2D eigenvalue weighted by atomic mass is 10.1. The maximum absolute atomic E-state index is 11.8. The number of aromatic nitrogens is 1. The normalized spacial score (nSPS) is 11.9. The second-order valence-electron chi connectivity index (χ2n) is 3.52. The Labute approximate surface area is 100 Å². The highest BCUT2D eigenvalue weighted by Crippen LogP contribution is 2.12. The van der Waals surface area contributed by atoms with Crippen LogP contribution in [-0.4, -0.2) is 15.9 Å².